The number of rotatable bonds is 3. The number of nitrogens with zero attached hydrogens (tertiary/aromatic N) is 4. The van der Waals surface area contributed by atoms with Gasteiger partial charge in [0.05, 0.1) is 24.0 Å². The van der Waals surface area contributed by atoms with Crippen molar-refractivity contribution in [3.05, 3.63) is 47.9 Å². The molecule has 2 aliphatic heterocycles. The summed E-state index contributed by atoms with van der Waals surface area (Å²) in [6, 6.07) is 5.66. The number of nitrogens with one attached hydrogen (secondary N) is 2. The van der Waals surface area contributed by atoms with Crippen LogP contribution in [0.1, 0.15) is 35.2 Å². The Bertz CT molecular complexity index is 1080. The third-order valence-electron chi connectivity index (χ3n) is 5.32. The number of carbonyl (C=O) groups is 2. The molecule has 3 aromatic rings. The summed E-state index contributed by atoms with van der Waals surface area (Å²) in [5.74, 6) is -0.286. The summed E-state index contributed by atoms with van der Waals surface area (Å²) >= 11 is 0. The van der Waals surface area contributed by atoms with Crippen LogP contribution in [-0.4, -0.2) is 39.5 Å². The van der Waals surface area contributed by atoms with Crippen molar-refractivity contribution in [2.45, 2.75) is 25.7 Å². The first-order chi connectivity index (χ1) is 13.7. The molecule has 5 rings (SSSR count). The van der Waals surface area contributed by atoms with Crippen molar-refractivity contribution in [3.63, 3.8) is 0 Å². The summed E-state index contributed by atoms with van der Waals surface area (Å²) in [5, 5.41) is 10.1. The maximum absolute atomic E-state index is 13.0. The Morgan fingerprint density at radius 1 is 1.18 bits per heavy atom. The number of piperidine rings is 1. The van der Waals surface area contributed by atoms with E-state index in [-0.39, 0.29) is 11.8 Å². The van der Waals surface area contributed by atoms with E-state index in [1.54, 1.807) is 23.0 Å². The maximum atomic E-state index is 13.0. The van der Waals surface area contributed by atoms with E-state index in [2.05, 4.69) is 25.6 Å². The fraction of sp³-hybridized carbons (Fsp3) is 0.300. The topological polar surface area (TPSA) is 91.6 Å². The van der Waals surface area contributed by atoms with Gasteiger partial charge in [0.2, 0.25) is 5.91 Å². The van der Waals surface area contributed by atoms with Crippen molar-refractivity contribution in [1.82, 2.24) is 14.6 Å². The molecule has 4 heterocycles. The van der Waals surface area contributed by atoms with Gasteiger partial charge in [0, 0.05) is 31.2 Å². The molecular formula is C20H20N6O2. The normalized spacial score (nSPS) is 16.1. The van der Waals surface area contributed by atoms with Crippen molar-refractivity contribution >= 4 is 34.5 Å². The SMILES string of the molecule is O=C1Cc2cc(N3CCCCC3)c(NC(=O)c3cnn4cccnc34)cc2N1. The predicted octanol–water partition coefficient (Wildman–Crippen LogP) is 2.47. The second kappa shape index (κ2) is 6.63. The van der Waals surface area contributed by atoms with Gasteiger partial charge in [-0.3, -0.25) is 9.59 Å². The molecule has 0 radical (unpaired) electrons. The van der Waals surface area contributed by atoms with Crippen molar-refractivity contribution < 1.29 is 9.59 Å². The van der Waals surface area contributed by atoms with E-state index in [0.717, 1.165) is 42.9 Å². The third kappa shape index (κ3) is 2.87. The molecule has 0 atom stereocenters. The molecule has 2 N–H and O–H groups in total. The minimum Gasteiger partial charge on any atom is -0.370 e. The van der Waals surface area contributed by atoms with Gasteiger partial charge < -0.3 is 15.5 Å². The predicted molar refractivity (Wildman–Crippen MR) is 106 cm³/mol. The smallest absolute Gasteiger partial charge is 0.261 e. The number of hydrogen-bond acceptors (Lipinski definition) is 5. The second-order valence-electron chi connectivity index (χ2n) is 7.20. The van der Waals surface area contributed by atoms with Crippen molar-refractivity contribution in [3.8, 4) is 0 Å². The van der Waals surface area contributed by atoms with Gasteiger partial charge in [-0.15, -0.1) is 0 Å². The Kier molecular flexibility index (Phi) is 3.96. The van der Waals surface area contributed by atoms with Crippen LogP contribution < -0.4 is 15.5 Å². The first kappa shape index (κ1) is 16.7. The highest BCUT2D eigenvalue weighted by Gasteiger charge is 2.24. The number of aromatic nitrogens is 3. The zero-order valence-corrected chi connectivity index (χ0v) is 15.3. The Morgan fingerprint density at radius 2 is 2.04 bits per heavy atom. The molecule has 2 aromatic heterocycles. The zero-order chi connectivity index (χ0) is 19.1. The standard InChI is InChI=1S/C20H20N6O2/c27-18-10-13-9-17(25-6-2-1-3-7-25)16(11-15(13)23-18)24-20(28)14-12-22-26-8-4-5-21-19(14)26/h4-5,8-9,11-12H,1-3,6-7,10H2,(H,23,27)(H,24,28). The molecule has 1 aromatic carbocycles. The Hall–Kier alpha value is -3.42. The van der Waals surface area contributed by atoms with Crippen LogP contribution in [0, 0.1) is 0 Å². The molecular weight excluding hydrogens is 356 g/mol. The quantitative estimate of drug-likeness (QED) is 0.733. The second-order valence-corrected chi connectivity index (χ2v) is 7.20. The highest BCUT2D eigenvalue weighted by Crippen LogP contribution is 2.37. The van der Waals surface area contributed by atoms with Gasteiger partial charge in [0.15, 0.2) is 5.65 Å². The average Bonchev–Trinajstić information content (AvgIpc) is 3.30. The molecule has 0 unspecified atom stereocenters. The molecule has 8 heteroatoms. The van der Waals surface area contributed by atoms with Crippen LogP contribution in [0.25, 0.3) is 5.65 Å². The van der Waals surface area contributed by atoms with Crippen LogP contribution in [0.4, 0.5) is 17.1 Å². The van der Waals surface area contributed by atoms with Crippen molar-refractivity contribution in [1.29, 1.82) is 0 Å². The number of carbonyl (C=O) groups excluding carboxylic acids is 2. The number of fused-ring (bicyclic) bond motifs is 2. The monoisotopic (exact) mass is 376 g/mol. The zero-order valence-electron chi connectivity index (χ0n) is 15.3. The molecule has 8 nitrogen and oxygen atoms in total. The first-order valence-corrected chi connectivity index (χ1v) is 9.50. The van der Waals surface area contributed by atoms with Crippen LogP contribution in [0.3, 0.4) is 0 Å². The van der Waals surface area contributed by atoms with E-state index in [4.69, 9.17) is 0 Å². The molecule has 2 aliphatic rings. The number of benzene rings is 1. The molecule has 1 fully saturated rings. The molecule has 0 bridgehead atoms. The maximum Gasteiger partial charge on any atom is 0.261 e. The van der Waals surface area contributed by atoms with Gasteiger partial charge in [0.25, 0.3) is 5.91 Å². The lowest BCUT2D eigenvalue weighted by molar-refractivity contribution is -0.115. The molecule has 2 amide bonds. The van der Waals surface area contributed by atoms with Crippen LogP contribution in [-0.2, 0) is 11.2 Å². The molecule has 0 saturated carbocycles. The number of anilines is 3. The fourth-order valence-electron chi connectivity index (χ4n) is 3.94. The van der Waals surface area contributed by atoms with Gasteiger partial charge >= 0.3 is 0 Å². The average molecular weight is 376 g/mol. The lowest BCUT2D eigenvalue weighted by atomic mass is 10.1. The minimum atomic E-state index is -0.267. The van der Waals surface area contributed by atoms with Gasteiger partial charge in [-0.2, -0.15) is 5.10 Å². The van der Waals surface area contributed by atoms with E-state index in [9.17, 15) is 9.59 Å². The van der Waals surface area contributed by atoms with Crippen LogP contribution in [0.15, 0.2) is 36.8 Å². The fourth-order valence-corrected chi connectivity index (χ4v) is 3.94. The molecule has 1 saturated heterocycles. The summed E-state index contributed by atoms with van der Waals surface area (Å²) < 4.78 is 1.57. The van der Waals surface area contributed by atoms with Gasteiger partial charge in [-0.25, -0.2) is 9.50 Å². The van der Waals surface area contributed by atoms with E-state index < -0.39 is 0 Å². The molecule has 0 spiro atoms. The molecule has 0 aliphatic carbocycles. The third-order valence-corrected chi connectivity index (χ3v) is 5.32. The lowest BCUT2D eigenvalue weighted by Gasteiger charge is -2.31. The van der Waals surface area contributed by atoms with Crippen LogP contribution >= 0.6 is 0 Å². The van der Waals surface area contributed by atoms with E-state index in [1.165, 1.54) is 12.6 Å². The summed E-state index contributed by atoms with van der Waals surface area (Å²) in [7, 11) is 0. The van der Waals surface area contributed by atoms with Gasteiger partial charge in [-0.1, -0.05) is 0 Å². The molecule has 142 valence electrons. The minimum absolute atomic E-state index is 0.0186. The summed E-state index contributed by atoms with van der Waals surface area (Å²) in [6.45, 7) is 1.89. The highest BCUT2D eigenvalue weighted by atomic mass is 16.2. The Morgan fingerprint density at radius 3 is 2.89 bits per heavy atom. The largest absolute Gasteiger partial charge is 0.370 e. The van der Waals surface area contributed by atoms with E-state index in [0.29, 0.717) is 23.3 Å². The first-order valence-electron chi connectivity index (χ1n) is 9.50. The number of amides is 2. The van der Waals surface area contributed by atoms with E-state index >= 15 is 0 Å². The van der Waals surface area contributed by atoms with Gasteiger partial charge in [-0.05, 0) is 43.0 Å². The summed E-state index contributed by atoms with van der Waals surface area (Å²) in [6.07, 6.45) is 8.76. The highest BCUT2D eigenvalue weighted by molar-refractivity contribution is 6.10. The van der Waals surface area contributed by atoms with Gasteiger partial charge in [0.1, 0.15) is 5.56 Å². The Labute approximate surface area is 161 Å². The van der Waals surface area contributed by atoms with Crippen LogP contribution in [0.5, 0.6) is 0 Å². The molecule has 28 heavy (non-hydrogen) atoms. The Balaban J connectivity index is 1.52. The lowest BCUT2D eigenvalue weighted by Crippen LogP contribution is -2.30. The summed E-state index contributed by atoms with van der Waals surface area (Å²) in [4.78, 5) is 31.3. The van der Waals surface area contributed by atoms with E-state index in [1.807, 2.05) is 12.1 Å². The number of hydrogen-bond donors (Lipinski definition) is 2. The van der Waals surface area contributed by atoms with Crippen molar-refractivity contribution in [2.24, 2.45) is 0 Å². The van der Waals surface area contributed by atoms with Crippen molar-refractivity contribution in [2.75, 3.05) is 28.6 Å². The van der Waals surface area contributed by atoms with Crippen LogP contribution in [0.2, 0.25) is 0 Å². The summed E-state index contributed by atoms with van der Waals surface area (Å²) in [5.41, 5.74) is 4.32.